The Bertz CT molecular complexity index is 3980. The van der Waals surface area contributed by atoms with Crippen LogP contribution in [0.3, 0.4) is 0 Å². The zero-order valence-electron chi connectivity index (χ0n) is 45.2. The third kappa shape index (κ3) is 12.5. The Hall–Kier alpha value is -9.18. The second-order valence-electron chi connectivity index (χ2n) is 20.6. The van der Waals surface area contributed by atoms with Gasteiger partial charge in [0, 0.05) is 60.0 Å². The number of rotatable bonds is 22. The van der Waals surface area contributed by atoms with Gasteiger partial charge in [0.2, 0.25) is 11.8 Å². The van der Waals surface area contributed by atoms with Crippen LogP contribution in [0.5, 0.6) is 22.1 Å². The van der Waals surface area contributed by atoms with Crippen molar-refractivity contribution in [2.45, 2.75) is 64.8 Å². The van der Waals surface area contributed by atoms with Crippen molar-refractivity contribution < 1.29 is 73.9 Å². The standard InChI is InChI=1S/2C29H23F4N5O4S/c2*1-41-28-37-36-25(43-28)12-42-24-4-2-3-21(34-24)17-11-18(31)15(7-19(17)32)10-23-35-26-20(33)8-16(27(39)40)9-22(26)38(23)14-29(13-30)5-6-29/h2*2-4,7-9,11H,5-6,10,12-14H2,1H3,(H,39,40). The van der Waals surface area contributed by atoms with Crippen molar-refractivity contribution in [1.29, 1.82) is 0 Å². The summed E-state index contributed by atoms with van der Waals surface area (Å²) in [7, 11) is 2.94. The highest BCUT2D eigenvalue weighted by atomic mass is 32.1. The monoisotopic (exact) mass is 1230 g/mol. The number of nitrogens with zero attached hydrogens (tertiary/aromatic N) is 10. The minimum atomic E-state index is -1.34. The highest BCUT2D eigenvalue weighted by molar-refractivity contribution is 7.13. The molecule has 6 aromatic heterocycles. The zero-order valence-corrected chi connectivity index (χ0v) is 46.9. The lowest BCUT2D eigenvalue weighted by atomic mass is 10.0. The average Bonchev–Trinajstić information content (AvgIpc) is 1.75. The molecule has 10 aromatic rings. The number of hydrogen-bond acceptors (Lipinski definition) is 16. The van der Waals surface area contributed by atoms with Crippen LogP contribution in [0.4, 0.5) is 35.1 Å². The molecule has 0 bridgehead atoms. The molecule has 2 aliphatic rings. The molecular weight excluding hydrogens is 1180 g/mol. The van der Waals surface area contributed by atoms with E-state index >= 15 is 17.6 Å². The molecule has 0 aliphatic heterocycles. The third-order valence-corrected chi connectivity index (χ3v) is 16.4. The van der Waals surface area contributed by atoms with E-state index in [9.17, 15) is 37.4 Å². The molecule has 18 nitrogen and oxygen atoms in total. The van der Waals surface area contributed by atoms with Crippen molar-refractivity contribution >= 4 is 56.7 Å². The predicted molar refractivity (Wildman–Crippen MR) is 295 cm³/mol. The number of halogens is 8. The Morgan fingerprint density at radius 3 is 1.29 bits per heavy atom. The fourth-order valence-corrected chi connectivity index (χ4v) is 10.7. The van der Waals surface area contributed by atoms with E-state index in [1.54, 1.807) is 24.3 Å². The molecule has 86 heavy (non-hydrogen) atoms. The maximum atomic E-state index is 15.5. The third-order valence-electron chi connectivity index (χ3n) is 14.6. The lowest BCUT2D eigenvalue weighted by Crippen LogP contribution is -2.16. The van der Waals surface area contributed by atoms with E-state index in [0.717, 1.165) is 36.4 Å². The van der Waals surface area contributed by atoms with Gasteiger partial charge in [-0.3, -0.25) is 8.78 Å². The molecule has 0 saturated heterocycles. The van der Waals surface area contributed by atoms with Gasteiger partial charge in [0.05, 0.1) is 61.1 Å². The summed E-state index contributed by atoms with van der Waals surface area (Å²) in [6, 6.07) is 17.6. The van der Waals surface area contributed by atoms with E-state index in [1.807, 2.05) is 0 Å². The number of alkyl halides is 2. The minimum absolute atomic E-state index is 0.0481. The smallest absolute Gasteiger partial charge is 0.335 e. The van der Waals surface area contributed by atoms with Gasteiger partial charge in [0.15, 0.2) is 21.6 Å². The molecule has 0 atom stereocenters. The van der Waals surface area contributed by atoms with Gasteiger partial charge in [-0.15, -0.1) is 10.2 Å². The first-order valence-electron chi connectivity index (χ1n) is 26.2. The van der Waals surface area contributed by atoms with Gasteiger partial charge in [0.25, 0.3) is 10.4 Å². The van der Waals surface area contributed by atoms with Crippen LogP contribution >= 0.6 is 22.7 Å². The molecule has 0 amide bonds. The minimum Gasteiger partial charge on any atom is -0.478 e. The molecule has 2 fully saturated rings. The molecule has 2 aliphatic carbocycles. The Morgan fingerprint density at radius 2 is 0.942 bits per heavy atom. The molecule has 2 saturated carbocycles. The number of ether oxygens (including phenoxy) is 4. The Morgan fingerprint density at radius 1 is 0.535 bits per heavy atom. The number of benzene rings is 4. The SMILES string of the molecule is COc1nnc(COc2cccc(-c3cc(F)c(Cc4nc5c(F)cc(C(=O)O)cc5n4CC4(CF)CC4)cc3F)n2)s1.COc1nnc(COc2cccc(-c3cc(F)c(Cc4nc5c(F)cc(C(=O)O)cc5n4CC4(CF)CC4)cc3F)n2)s1. The second kappa shape index (κ2) is 24.1. The van der Waals surface area contributed by atoms with E-state index in [-0.39, 0.29) is 129 Å². The topological polar surface area (TPSA) is 224 Å². The van der Waals surface area contributed by atoms with Crippen LogP contribution in [0.25, 0.3) is 44.6 Å². The first kappa shape index (κ1) is 58.6. The lowest BCUT2D eigenvalue weighted by Gasteiger charge is -2.16. The summed E-state index contributed by atoms with van der Waals surface area (Å²) in [4.78, 5) is 40.3. The number of pyridine rings is 2. The van der Waals surface area contributed by atoms with Gasteiger partial charge >= 0.3 is 11.9 Å². The van der Waals surface area contributed by atoms with Crippen molar-refractivity contribution in [3.8, 4) is 44.7 Å². The number of aromatic carboxylic acids is 2. The van der Waals surface area contributed by atoms with Gasteiger partial charge in [-0.25, -0.2) is 55.9 Å². The average molecular weight is 1230 g/mol. The lowest BCUT2D eigenvalue weighted by molar-refractivity contribution is 0.0686. The molecule has 0 spiro atoms. The molecule has 28 heteroatoms. The maximum absolute atomic E-state index is 15.5. The number of aromatic nitrogens is 10. The molecule has 444 valence electrons. The summed E-state index contributed by atoms with van der Waals surface area (Å²) in [5, 5.41) is 36.1. The van der Waals surface area contributed by atoms with Gasteiger partial charge < -0.3 is 38.3 Å². The number of hydrogen-bond donors (Lipinski definition) is 2. The van der Waals surface area contributed by atoms with Gasteiger partial charge in [-0.2, -0.15) is 0 Å². The molecule has 2 N–H and O–H groups in total. The van der Waals surface area contributed by atoms with E-state index in [2.05, 4.69) is 40.3 Å². The first-order chi connectivity index (χ1) is 41.4. The molecule has 0 unspecified atom stereocenters. The fraction of sp³-hybridized carbons (Fsp3) is 0.276. The summed E-state index contributed by atoms with van der Waals surface area (Å²) in [6.45, 7) is -0.967. The summed E-state index contributed by atoms with van der Waals surface area (Å²) >= 11 is 2.39. The molecule has 4 aromatic carbocycles. The van der Waals surface area contributed by atoms with Crippen LogP contribution in [-0.2, 0) is 39.1 Å². The van der Waals surface area contributed by atoms with Gasteiger partial charge in [0.1, 0.15) is 59.2 Å². The van der Waals surface area contributed by atoms with Crippen LogP contribution < -0.4 is 18.9 Å². The van der Waals surface area contributed by atoms with Crippen LogP contribution in [0.2, 0.25) is 0 Å². The van der Waals surface area contributed by atoms with E-state index in [4.69, 9.17) is 18.9 Å². The van der Waals surface area contributed by atoms with Crippen LogP contribution in [-0.4, -0.2) is 99.2 Å². The maximum Gasteiger partial charge on any atom is 0.335 e. The first-order valence-corrected chi connectivity index (χ1v) is 27.9. The Labute approximate surface area is 489 Å². The second-order valence-corrected chi connectivity index (χ2v) is 22.6. The zero-order chi connectivity index (χ0) is 60.6. The van der Waals surface area contributed by atoms with Gasteiger partial charge in [-0.05, 0) is 97.5 Å². The van der Waals surface area contributed by atoms with Crippen molar-refractivity contribution in [1.82, 2.24) is 49.5 Å². The number of imidazole rings is 2. The number of fused-ring (bicyclic) bond motifs is 2. The summed E-state index contributed by atoms with van der Waals surface area (Å²) in [6.07, 6.45) is 1.87. The summed E-state index contributed by atoms with van der Waals surface area (Å²) in [5.74, 6) is -6.84. The Kier molecular flexibility index (Phi) is 16.4. The fourth-order valence-electron chi connectivity index (χ4n) is 9.52. The van der Waals surface area contributed by atoms with Crippen LogP contribution in [0.1, 0.15) is 79.2 Å². The van der Waals surface area contributed by atoms with Crippen molar-refractivity contribution in [3.05, 3.63) is 164 Å². The van der Waals surface area contributed by atoms with Crippen molar-refractivity contribution in [2.75, 3.05) is 27.6 Å². The molecule has 12 rings (SSSR count). The van der Waals surface area contributed by atoms with Crippen LogP contribution in [0.15, 0.2) is 84.9 Å². The summed E-state index contributed by atoms with van der Waals surface area (Å²) in [5.41, 5.74) is -2.02. The predicted octanol–water partition coefficient (Wildman–Crippen LogP) is 12.0. The molecular formula is C58H46F8N10O8S2. The van der Waals surface area contributed by atoms with Crippen molar-refractivity contribution in [2.24, 2.45) is 10.8 Å². The van der Waals surface area contributed by atoms with Gasteiger partial charge in [-0.1, -0.05) is 45.0 Å². The number of methoxy groups -OCH3 is 2. The number of carboxylic acid groups (broad SMARTS) is 2. The van der Waals surface area contributed by atoms with E-state index in [0.29, 0.717) is 46.1 Å². The van der Waals surface area contributed by atoms with E-state index in [1.165, 1.54) is 70.3 Å². The van der Waals surface area contributed by atoms with Crippen LogP contribution in [0, 0.1) is 45.7 Å². The largest absolute Gasteiger partial charge is 0.478 e. The summed E-state index contributed by atoms with van der Waals surface area (Å²) < 4.78 is 143. The van der Waals surface area contributed by atoms with E-state index < -0.39 is 71.0 Å². The highest BCUT2D eigenvalue weighted by Crippen LogP contribution is 2.49. The Balaban J connectivity index is 0.000000179. The number of carboxylic acids is 2. The highest BCUT2D eigenvalue weighted by Gasteiger charge is 2.45. The molecule has 0 radical (unpaired) electrons. The van der Waals surface area contributed by atoms with Crippen molar-refractivity contribution in [3.63, 3.8) is 0 Å². The quantitative estimate of drug-likeness (QED) is 0.0602. The number of carbonyl (C=O) groups is 2. The normalized spacial score (nSPS) is 13.8. The molecule has 6 heterocycles.